The number of anilines is 1. The van der Waals surface area contributed by atoms with Gasteiger partial charge in [-0.25, -0.2) is 9.18 Å². The molecule has 5 rings (SSSR count). The summed E-state index contributed by atoms with van der Waals surface area (Å²) in [4.78, 5) is 41.1. The van der Waals surface area contributed by atoms with E-state index < -0.39 is 24.7 Å². The van der Waals surface area contributed by atoms with Gasteiger partial charge in [-0.2, -0.15) is 0 Å². The van der Waals surface area contributed by atoms with Crippen molar-refractivity contribution in [3.8, 4) is 0 Å². The topological polar surface area (TPSA) is 118 Å². The van der Waals surface area contributed by atoms with Gasteiger partial charge in [0.1, 0.15) is 18.4 Å². The molecule has 2 aliphatic carbocycles. The van der Waals surface area contributed by atoms with Gasteiger partial charge in [0.05, 0.1) is 0 Å². The minimum atomic E-state index is -1.00. The highest BCUT2D eigenvalue weighted by Gasteiger charge is 2.47. The number of aryl methyl sites for hydroxylation is 1. The summed E-state index contributed by atoms with van der Waals surface area (Å²) in [5.74, 6) is -0.603. The Morgan fingerprint density at radius 2 is 1.77 bits per heavy atom. The lowest BCUT2D eigenvalue weighted by molar-refractivity contribution is -0.142. The van der Waals surface area contributed by atoms with Crippen molar-refractivity contribution in [3.63, 3.8) is 0 Å². The minimum Gasteiger partial charge on any atom is -0.477 e. The van der Waals surface area contributed by atoms with Gasteiger partial charge in [-0.1, -0.05) is 32.1 Å². The van der Waals surface area contributed by atoms with E-state index in [1.54, 1.807) is 29.8 Å². The number of amides is 2. The van der Waals surface area contributed by atoms with Gasteiger partial charge in [-0.05, 0) is 74.1 Å². The number of carbonyl (C=O) groups is 3. The molecule has 212 valence electrons. The number of rotatable bonds is 7. The first-order valence-corrected chi connectivity index (χ1v) is 14.5. The van der Waals surface area contributed by atoms with Crippen LogP contribution in [-0.2, 0) is 16.6 Å². The number of nitrogens with zero attached hydrogens (tertiary/aromatic N) is 2. The highest BCUT2D eigenvalue weighted by atomic mass is 19.1. The van der Waals surface area contributed by atoms with E-state index in [1.807, 2.05) is 11.0 Å². The molecule has 1 saturated heterocycles. The minimum absolute atomic E-state index is 0.0466. The van der Waals surface area contributed by atoms with E-state index in [1.165, 1.54) is 19.3 Å². The predicted molar refractivity (Wildman–Crippen MR) is 148 cm³/mol. The van der Waals surface area contributed by atoms with Crippen LogP contribution in [0.4, 0.5) is 10.1 Å². The number of aromatic nitrogens is 1. The maximum absolute atomic E-state index is 13.9. The number of carboxylic acid groups (broad SMARTS) is 1. The summed E-state index contributed by atoms with van der Waals surface area (Å²) in [6.07, 6.45) is 9.44. The second kappa shape index (κ2) is 11.7. The van der Waals surface area contributed by atoms with Crippen LogP contribution in [0.1, 0.15) is 74.7 Å². The van der Waals surface area contributed by atoms with Crippen molar-refractivity contribution < 1.29 is 23.9 Å². The number of fused-ring (bicyclic) bond motifs is 1. The van der Waals surface area contributed by atoms with Gasteiger partial charge < -0.3 is 25.6 Å². The van der Waals surface area contributed by atoms with Crippen molar-refractivity contribution in [2.75, 3.05) is 18.5 Å². The Kier molecular flexibility index (Phi) is 8.26. The quantitative estimate of drug-likeness (QED) is 0.470. The lowest BCUT2D eigenvalue weighted by Crippen LogP contribution is -2.50. The molecular formula is C30H41FN4O4. The molecule has 3 aliphatic rings. The maximum Gasteiger partial charge on any atom is 0.352 e. The van der Waals surface area contributed by atoms with E-state index in [4.69, 9.17) is 5.73 Å². The molecular weight excluding hydrogens is 499 g/mol. The van der Waals surface area contributed by atoms with Crippen molar-refractivity contribution in [2.24, 2.45) is 36.5 Å². The zero-order chi connectivity index (χ0) is 27.7. The third kappa shape index (κ3) is 5.55. The Balaban J connectivity index is 1.35. The summed E-state index contributed by atoms with van der Waals surface area (Å²) in [7, 11) is 1.71. The maximum atomic E-state index is 13.9. The van der Waals surface area contributed by atoms with E-state index in [0.29, 0.717) is 31.0 Å². The first-order valence-electron chi connectivity index (χ1n) is 14.5. The first kappa shape index (κ1) is 27.6. The molecule has 2 aromatic rings. The van der Waals surface area contributed by atoms with Crippen LogP contribution in [-0.4, -0.2) is 57.7 Å². The number of likely N-dealkylation sites (tertiary alicyclic amines) is 1. The van der Waals surface area contributed by atoms with Gasteiger partial charge in [-0.15, -0.1) is 0 Å². The Morgan fingerprint density at radius 3 is 2.44 bits per heavy atom. The molecule has 0 unspecified atom stereocenters. The summed E-state index contributed by atoms with van der Waals surface area (Å²) in [5, 5.41) is 13.3. The van der Waals surface area contributed by atoms with Crippen molar-refractivity contribution in [1.82, 2.24) is 9.47 Å². The number of halogens is 1. The van der Waals surface area contributed by atoms with Crippen molar-refractivity contribution in [3.05, 3.63) is 30.0 Å². The zero-order valence-electron chi connectivity index (χ0n) is 22.8. The molecule has 0 radical (unpaired) electrons. The summed E-state index contributed by atoms with van der Waals surface area (Å²) >= 11 is 0. The SMILES string of the molecule is Cn1c(C(=O)O)cc2cc(NC(=O)[C@@H]3[C@H](C4CCCCC4)CCN3C(=O)[C@H]3CC[C@H]([C@H](N)CF)CC3)ccc21. The molecule has 1 aliphatic heterocycles. The molecule has 0 spiro atoms. The standard InChI is InChI=1S/C30H41FN4O4/c1-34-25-12-11-22(15-21(25)16-26(34)30(38)39)33-28(36)27-23(18-5-3-2-4-6-18)13-14-35(27)29(37)20-9-7-19(8-10-20)24(32)17-31/h11-12,15-16,18-20,23-24,27H,2-10,13-14,17,32H2,1H3,(H,33,36)(H,38,39)/t19-,20-,23-,24+,27-/m0/s1. The molecule has 3 atom stereocenters. The highest BCUT2D eigenvalue weighted by Crippen LogP contribution is 2.41. The average Bonchev–Trinajstić information content (AvgIpc) is 3.54. The molecule has 2 saturated carbocycles. The molecule has 1 aromatic heterocycles. The van der Waals surface area contributed by atoms with E-state index in [2.05, 4.69) is 5.32 Å². The van der Waals surface area contributed by atoms with Crippen molar-refractivity contribution >= 4 is 34.4 Å². The van der Waals surface area contributed by atoms with Crippen LogP contribution < -0.4 is 11.1 Å². The Bertz CT molecular complexity index is 1220. The summed E-state index contributed by atoms with van der Waals surface area (Å²) in [6.45, 7) is 0.0504. The Labute approximate surface area is 229 Å². The lowest BCUT2D eigenvalue weighted by Gasteiger charge is -2.36. The molecule has 2 heterocycles. The van der Waals surface area contributed by atoms with Gasteiger partial charge in [-0.3, -0.25) is 9.59 Å². The predicted octanol–water partition coefficient (Wildman–Crippen LogP) is 4.72. The largest absolute Gasteiger partial charge is 0.477 e. The third-order valence-electron chi connectivity index (χ3n) is 9.69. The fraction of sp³-hybridized carbons (Fsp3) is 0.633. The number of carbonyl (C=O) groups excluding carboxylic acids is 2. The number of hydrogen-bond acceptors (Lipinski definition) is 4. The first-order chi connectivity index (χ1) is 18.8. The average molecular weight is 541 g/mol. The molecule has 9 heteroatoms. The van der Waals surface area contributed by atoms with Gasteiger partial charge >= 0.3 is 5.97 Å². The van der Waals surface area contributed by atoms with Crippen LogP contribution in [0.3, 0.4) is 0 Å². The number of carboxylic acids is 1. The Hall–Kier alpha value is -2.94. The summed E-state index contributed by atoms with van der Waals surface area (Å²) in [6, 6.07) is 6.02. The van der Waals surface area contributed by atoms with E-state index >= 15 is 0 Å². The van der Waals surface area contributed by atoms with E-state index in [0.717, 1.165) is 43.0 Å². The number of benzene rings is 1. The van der Waals surface area contributed by atoms with Crippen LogP contribution in [0, 0.1) is 23.7 Å². The van der Waals surface area contributed by atoms with Crippen LogP contribution >= 0.6 is 0 Å². The van der Waals surface area contributed by atoms with E-state index in [-0.39, 0.29) is 35.3 Å². The number of nitrogens with one attached hydrogen (secondary N) is 1. The van der Waals surface area contributed by atoms with Crippen LogP contribution in [0.15, 0.2) is 24.3 Å². The van der Waals surface area contributed by atoms with Crippen LogP contribution in [0.25, 0.3) is 10.9 Å². The molecule has 3 fully saturated rings. The van der Waals surface area contributed by atoms with Crippen LogP contribution in [0.5, 0.6) is 0 Å². The number of alkyl halides is 1. The highest BCUT2D eigenvalue weighted by molar-refractivity contribution is 6.01. The van der Waals surface area contributed by atoms with Crippen LogP contribution in [0.2, 0.25) is 0 Å². The number of hydrogen-bond donors (Lipinski definition) is 3. The number of aromatic carboxylic acids is 1. The molecule has 2 amide bonds. The lowest BCUT2D eigenvalue weighted by atomic mass is 9.76. The summed E-state index contributed by atoms with van der Waals surface area (Å²) in [5.41, 5.74) is 7.48. The van der Waals surface area contributed by atoms with E-state index in [9.17, 15) is 23.9 Å². The fourth-order valence-corrected chi connectivity index (χ4v) is 7.46. The molecule has 39 heavy (non-hydrogen) atoms. The van der Waals surface area contributed by atoms with Gasteiger partial charge in [0.2, 0.25) is 11.8 Å². The van der Waals surface area contributed by atoms with Crippen molar-refractivity contribution in [2.45, 2.75) is 76.3 Å². The Morgan fingerprint density at radius 1 is 1.05 bits per heavy atom. The fourth-order valence-electron chi connectivity index (χ4n) is 7.46. The van der Waals surface area contributed by atoms with Crippen molar-refractivity contribution in [1.29, 1.82) is 0 Å². The smallest absolute Gasteiger partial charge is 0.352 e. The van der Waals surface area contributed by atoms with Gasteiger partial charge in [0, 0.05) is 42.1 Å². The summed E-state index contributed by atoms with van der Waals surface area (Å²) < 4.78 is 14.7. The monoisotopic (exact) mass is 540 g/mol. The number of nitrogens with two attached hydrogens (primary N) is 1. The second-order valence-electron chi connectivity index (χ2n) is 11.9. The second-order valence-corrected chi connectivity index (χ2v) is 11.9. The normalized spacial score (nSPS) is 27.0. The molecule has 0 bridgehead atoms. The molecule has 8 nitrogen and oxygen atoms in total. The zero-order valence-corrected chi connectivity index (χ0v) is 22.8. The molecule has 4 N–H and O–H groups in total. The molecule has 1 aromatic carbocycles. The third-order valence-corrected chi connectivity index (χ3v) is 9.69. The van der Waals surface area contributed by atoms with Gasteiger partial charge in [0.15, 0.2) is 0 Å². The van der Waals surface area contributed by atoms with Gasteiger partial charge in [0.25, 0.3) is 0 Å².